The van der Waals surface area contributed by atoms with E-state index in [4.69, 9.17) is 9.47 Å². The molecule has 0 unspecified atom stereocenters. The molecular weight excluding hydrogens is 302 g/mol. The highest BCUT2D eigenvalue weighted by molar-refractivity contribution is 5.89. The predicted molar refractivity (Wildman–Crippen MR) is 93.2 cm³/mol. The molecule has 1 heterocycles. The highest BCUT2D eigenvalue weighted by Gasteiger charge is 2.18. The van der Waals surface area contributed by atoms with Crippen LogP contribution in [0.25, 0.3) is 0 Å². The Bertz CT molecular complexity index is 646. The summed E-state index contributed by atoms with van der Waals surface area (Å²) in [6.45, 7) is 2.41. The van der Waals surface area contributed by atoms with Gasteiger partial charge in [0.05, 0.1) is 5.56 Å². The second-order valence-corrected chi connectivity index (χ2v) is 6.21. The monoisotopic (exact) mass is 325 g/mol. The van der Waals surface area contributed by atoms with Crippen molar-refractivity contribution in [2.75, 3.05) is 20.1 Å². The molecule has 0 atom stereocenters. The smallest absolute Gasteiger partial charge is 0.338 e. The van der Waals surface area contributed by atoms with E-state index in [2.05, 4.69) is 11.9 Å². The fourth-order valence-corrected chi connectivity index (χ4v) is 2.77. The van der Waals surface area contributed by atoms with Crippen molar-refractivity contribution < 1.29 is 14.3 Å². The lowest BCUT2D eigenvalue weighted by Crippen LogP contribution is -2.35. The van der Waals surface area contributed by atoms with Crippen LogP contribution in [-0.2, 0) is 11.3 Å². The van der Waals surface area contributed by atoms with Crippen LogP contribution in [0.15, 0.2) is 54.6 Å². The minimum atomic E-state index is -0.315. The summed E-state index contributed by atoms with van der Waals surface area (Å²) < 4.78 is 11.3. The summed E-state index contributed by atoms with van der Waals surface area (Å²) in [7, 11) is 2.13. The van der Waals surface area contributed by atoms with E-state index in [0.717, 1.165) is 37.2 Å². The van der Waals surface area contributed by atoms with E-state index in [1.165, 1.54) is 0 Å². The fraction of sp³-hybridized carbons (Fsp3) is 0.350. The van der Waals surface area contributed by atoms with Gasteiger partial charge in [0.2, 0.25) is 0 Å². The van der Waals surface area contributed by atoms with Crippen molar-refractivity contribution in [1.82, 2.24) is 4.90 Å². The van der Waals surface area contributed by atoms with Gasteiger partial charge in [0, 0.05) is 13.1 Å². The minimum Gasteiger partial charge on any atom is -0.490 e. The molecule has 1 fully saturated rings. The van der Waals surface area contributed by atoms with Crippen molar-refractivity contribution in [3.8, 4) is 5.75 Å². The largest absolute Gasteiger partial charge is 0.490 e. The lowest BCUT2D eigenvalue weighted by atomic mass is 10.1. The average molecular weight is 325 g/mol. The van der Waals surface area contributed by atoms with E-state index >= 15 is 0 Å². The number of likely N-dealkylation sites (tertiary alicyclic amines) is 1. The number of hydrogen-bond donors (Lipinski definition) is 0. The lowest BCUT2D eigenvalue weighted by Gasteiger charge is -2.29. The second kappa shape index (κ2) is 7.97. The van der Waals surface area contributed by atoms with Crippen LogP contribution in [0.2, 0.25) is 0 Å². The molecule has 0 aromatic heterocycles. The van der Waals surface area contributed by atoms with Crippen molar-refractivity contribution in [2.24, 2.45) is 0 Å². The van der Waals surface area contributed by atoms with Gasteiger partial charge in [-0.25, -0.2) is 4.79 Å². The van der Waals surface area contributed by atoms with E-state index in [1.807, 2.05) is 42.5 Å². The molecule has 0 radical (unpaired) electrons. The Morgan fingerprint density at radius 1 is 1.04 bits per heavy atom. The second-order valence-electron chi connectivity index (χ2n) is 6.21. The van der Waals surface area contributed by atoms with Crippen molar-refractivity contribution in [3.05, 3.63) is 65.7 Å². The number of ether oxygens (including phenoxy) is 2. The molecule has 0 spiro atoms. The first-order chi connectivity index (χ1) is 11.7. The van der Waals surface area contributed by atoms with Gasteiger partial charge in [-0.1, -0.05) is 30.3 Å². The number of piperidine rings is 1. The first-order valence-electron chi connectivity index (χ1n) is 8.37. The molecule has 126 valence electrons. The predicted octanol–water partition coefficient (Wildman–Crippen LogP) is 3.52. The third-order valence-electron chi connectivity index (χ3n) is 4.27. The molecule has 4 heteroatoms. The quantitative estimate of drug-likeness (QED) is 0.789. The van der Waals surface area contributed by atoms with Gasteiger partial charge in [-0.2, -0.15) is 0 Å². The number of benzene rings is 2. The van der Waals surface area contributed by atoms with Crippen molar-refractivity contribution >= 4 is 5.97 Å². The van der Waals surface area contributed by atoms with Gasteiger partial charge in [0.25, 0.3) is 0 Å². The van der Waals surface area contributed by atoms with E-state index < -0.39 is 0 Å². The molecule has 24 heavy (non-hydrogen) atoms. The molecule has 2 aromatic rings. The normalized spacial score (nSPS) is 15.9. The van der Waals surface area contributed by atoms with E-state index in [-0.39, 0.29) is 18.7 Å². The Hall–Kier alpha value is -2.33. The van der Waals surface area contributed by atoms with Crippen LogP contribution in [0.4, 0.5) is 0 Å². The number of nitrogens with zero attached hydrogens (tertiary/aromatic N) is 1. The molecule has 0 aliphatic carbocycles. The standard InChI is InChI=1S/C20H23NO3/c1-21-13-11-19(12-14-21)24-18-9-7-17(8-10-18)20(22)23-15-16-5-3-2-4-6-16/h2-10,19H,11-15H2,1H3. The van der Waals surface area contributed by atoms with E-state index in [9.17, 15) is 4.79 Å². The highest BCUT2D eigenvalue weighted by Crippen LogP contribution is 2.19. The zero-order chi connectivity index (χ0) is 16.8. The van der Waals surface area contributed by atoms with E-state index in [1.54, 1.807) is 12.1 Å². The topological polar surface area (TPSA) is 38.8 Å². The van der Waals surface area contributed by atoms with Gasteiger partial charge in [-0.3, -0.25) is 0 Å². The Morgan fingerprint density at radius 3 is 2.38 bits per heavy atom. The van der Waals surface area contributed by atoms with Gasteiger partial charge in [0.15, 0.2) is 0 Å². The van der Waals surface area contributed by atoms with Crippen LogP contribution in [0.3, 0.4) is 0 Å². The molecule has 0 saturated carbocycles. The third kappa shape index (κ3) is 4.59. The Balaban J connectivity index is 1.51. The fourth-order valence-electron chi connectivity index (χ4n) is 2.77. The summed E-state index contributed by atoms with van der Waals surface area (Å²) >= 11 is 0. The van der Waals surface area contributed by atoms with Gasteiger partial charge >= 0.3 is 5.97 Å². The zero-order valence-corrected chi connectivity index (χ0v) is 14.0. The summed E-state index contributed by atoms with van der Waals surface area (Å²) in [5.74, 6) is 0.494. The summed E-state index contributed by atoms with van der Waals surface area (Å²) in [4.78, 5) is 14.4. The maximum absolute atomic E-state index is 12.1. The van der Waals surface area contributed by atoms with Crippen LogP contribution in [0.5, 0.6) is 5.75 Å². The maximum Gasteiger partial charge on any atom is 0.338 e. The lowest BCUT2D eigenvalue weighted by molar-refractivity contribution is 0.0472. The molecule has 1 aliphatic rings. The summed E-state index contributed by atoms with van der Waals surface area (Å²) in [6, 6.07) is 16.9. The first-order valence-corrected chi connectivity index (χ1v) is 8.37. The number of hydrogen-bond acceptors (Lipinski definition) is 4. The SMILES string of the molecule is CN1CCC(Oc2ccc(C(=O)OCc3ccccc3)cc2)CC1. The van der Waals surface area contributed by atoms with Gasteiger partial charge in [-0.15, -0.1) is 0 Å². The molecule has 1 aliphatic heterocycles. The third-order valence-corrected chi connectivity index (χ3v) is 4.27. The van der Waals surface area contributed by atoms with Crippen LogP contribution in [-0.4, -0.2) is 37.1 Å². The molecule has 4 nitrogen and oxygen atoms in total. The molecule has 0 N–H and O–H groups in total. The highest BCUT2D eigenvalue weighted by atomic mass is 16.5. The van der Waals surface area contributed by atoms with Crippen molar-refractivity contribution in [3.63, 3.8) is 0 Å². The number of carbonyl (C=O) groups excluding carboxylic acids is 1. The molecule has 0 bridgehead atoms. The number of rotatable bonds is 5. The summed E-state index contributed by atoms with van der Waals surface area (Å²) in [5.41, 5.74) is 1.52. The van der Waals surface area contributed by atoms with E-state index in [0.29, 0.717) is 5.56 Å². The molecule has 0 amide bonds. The van der Waals surface area contributed by atoms with Crippen LogP contribution < -0.4 is 4.74 Å². The Kier molecular flexibility index (Phi) is 5.49. The number of esters is 1. The van der Waals surface area contributed by atoms with Gasteiger partial charge in [0.1, 0.15) is 18.5 Å². The van der Waals surface area contributed by atoms with Crippen molar-refractivity contribution in [1.29, 1.82) is 0 Å². The Labute approximate surface area is 143 Å². The molecule has 1 saturated heterocycles. The zero-order valence-electron chi connectivity index (χ0n) is 14.0. The van der Waals surface area contributed by atoms with Crippen molar-refractivity contribution in [2.45, 2.75) is 25.6 Å². The molecular formula is C20H23NO3. The average Bonchev–Trinajstić information content (AvgIpc) is 2.63. The summed E-state index contributed by atoms with van der Waals surface area (Å²) in [6.07, 6.45) is 2.34. The maximum atomic E-state index is 12.1. The minimum absolute atomic E-state index is 0.261. The van der Waals surface area contributed by atoms with Gasteiger partial charge in [-0.05, 0) is 49.7 Å². The Morgan fingerprint density at radius 2 is 1.71 bits per heavy atom. The molecule has 3 rings (SSSR count). The molecule has 2 aromatic carbocycles. The van der Waals surface area contributed by atoms with Crippen LogP contribution in [0, 0.1) is 0 Å². The number of carbonyl (C=O) groups is 1. The van der Waals surface area contributed by atoms with Crippen LogP contribution in [0.1, 0.15) is 28.8 Å². The van der Waals surface area contributed by atoms with Crippen LogP contribution >= 0.6 is 0 Å². The first kappa shape index (κ1) is 16.5. The summed E-state index contributed by atoms with van der Waals surface area (Å²) in [5, 5.41) is 0. The van der Waals surface area contributed by atoms with Gasteiger partial charge < -0.3 is 14.4 Å².